The van der Waals surface area contributed by atoms with Crippen molar-refractivity contribution in [3.63, 3.8) is 0 Å². The zero-order valence-corrected chi connectivity index (χ0v) is 11.3. The molecule has 20 heavy (non-hydrogen) atoms. The zero-order chi connectivity index (χ0) is 14.7. The van der Waals surface area contributed by atoms with E-state index in [0.29, 0.717) is 11.3 Å². The monoisotopic (exact) mass is 278 g/mol. The molecule has 0 heterocycles. The number of aliphatic hydroxyl groups is 1. The van der Waals surface area contributed by atoms with Crippen molar-refractivity contribution in [2.24, 2.45) is 0 Å². The number of amides is 2. The Morgan fingerprint density at radius 1 is 1.40 bits per heavy atom. The third kappa shape index (κ3) is 3.27. The lowest BCUT2D eigenvalue weighted by Crippen LogP contribution is -2.38. The molecule has 0 aliphatic heterocycles. The molecule has 0 spiro atoms. The number of rotatable bonds is 5. The van der Waals surface area contributed by atoms with Crippen LogP contribution < -0.4 is 5.32 Å². The number of benzene rings is 1. The van der Waals surface area contributed by atoms with Crippen LogP contribution in [0.3, 0.4) is 0 Å². The number of nitrogens with zero attached hydrogens (tertiary/aromatic N) is 1. The molecule has 6 heteroatoms. The first-order valence-electron chi connectivity index (χ1n) is 6.55. The fourth-order valence-corrected chi connectivity index (χ4v) is 2.07. The normalized spacial score (nSPS) is 13.9. The fourth-order valence-electron chi connectivity index (χ4n) is 2.07. The minimum atomic E-state index is -1.02. The highest BCUT2D eigenvalue weighted by molar-refractivity contribution is 5.94. The number of carboxylic acid groups (broad SMARTS) is 1. The van der Waals surface area contributed by atoms with Gasteiger partial charge in [0.1, 0.15) is 0 Å². The molecule has 0 unspecified atom stereocenters. The van der Waals surface area contributed by atoms with Gasteiger partial charge in [0.25, 0.3) is 0 Å². The Hall–Kier alpha value is -2.08. The van der Waals surface area contributed by atoms with E-state index in [0.717, 1.165) is 12.8 Å². The van der Waals surface area contributed by atoms with Crippen molar-refractivity contribution < 1.29 is 19.8 Å². The van der Waals surface area contributed by atoms with E-state index in [4.69, 9.17) is 10.2 Å². The maximum atomic E-state index is 12.1. The molecule has 3 N–H and O–H groups in total. The van der Waals surface area contributed by atoms with Gasteiger partial charge in [-0.05, 0) is 37.5 Å². The first-order chi connectivity index (χ1) is 9.52. The number of carbonyl (C=O) groups excluding carboxylic acids is 1. The second-order valence-electron chi connectivity index (χ2n) is 4.91. The molecule has 1 aliphatic rings. The van der Waals surface area contributed by atoms with Gasteiger partial charge in [0.2, 0.25) is 0 Å². The van der Waals surface area contributed by atoms with Crippen LogP contribution in [-0.4, -0.2) is 46.3 Å². The zero-order valence-electron chi connectivity index (χ0n) is 11.3. The molecule has 0 atom stereocenters. The number of aliphatic hydroxyl groups excluding tert-OH is 1. The number of hydrogen-bond donors (Lipinski definition) is 3. The first kappa shape index (κ1) is 14.3. The average molecular weight is 278 g/mol. The lowest BCUT2D eigenvalue weighted by Gasteiger charge is -2.22. The van der Waals surface area contributed by atoms with Gasteiger partial charge in [0.15, 0.2) is 0 Å². The second kappa shape index (κ2) is 5.92. The van der Waals surface area contributed by atoms with Crippen LogP contribution in [0.4, 0.5) is 10.5 Å². The van der Waals surface area contributed by atoms with E-state index in [1.165, 1.54) is 6.07 Å². The van der Waals surface area contributed by atoms with Gasteiger partial charge >= 0.3 is 12.0 Å². The van der Waals surface area contributed by atoms with E-state index in [2.05, 4.69) is 5.32 Å². The minimum absolute atomic E-state index is 0.0851. The Balaban J connectivity index is 2.10. The summed E-state index contributed by atoms with van der Waals surface area (Å²) < 4.78 is 0. The number of carbonyl (C=O) groups is 2. The van der Waals surface area contributed by atoms with E-state index < -0.39 is 5.97 Å². The summed E-state index contributed by atoms with van der Waals surface area (Å²) in [7, 11) is 0. The van der Waals surface area contributed by atoms with Crippen LogP contribution in [0.5, 0.6) is 0 Å². The van der Waals surface area contributed by atoms with Crippen LogP contribution in [0.15, 0.2) is 18.2 Å². The summed E-state index contributed by atoms with van der Waals surface area (Å²) >= 11 is 0. The van der Waals surface area contributed by atoms with Gasteiger partial charge in [0, 0.05) is 18.3 Å². The molecular weight excluding hydrogens is 260 g/mol. The lowest BCUT2D eigenvalue weighted by atomic mass is 10.1. The molecule has 108 valence electrons. The standard InChI is InChI=1S/C14H18N2O4/c1-9-2-3-10(8-12(9)13(18)19)15-14(20)16(6-7-17)11-4-5-11/h2-3,8,11,17H,4-7H2,1H3,(H,15,20)(H,18,19). The minimum Gasteiger partial charge on any atom is -0.478 e. The molecule has 1 fully saturated rings. The molecule has 2 amide bonds. The molecular formula is C14H18N2O4. The van der Waals surface area contributed by atoms with Gasteiger partial charge < -0.3 is 20.4 Å². The predicted molar refractivity (Wildman–Crippen MR) is 74.0 cm³/mol. The molecule has 0 bridgehead atoms. The second-order valence-corrected chi connectivity index (χ2v) is 4.91. The largest absolute Gasteiger partial charge is 0.478 e. The summed E-state index contributed by atoms with van der Waals surface area (Å²) in [4.78, 5) is 24.7. The molecule has 0 aromatic heterocycles. The van der Waals surface area contributed by atoms with Crippen molar-refractivity contribution in [1.82, 2.24) is 4.90 Å². The summed E-state index contributed by atoms with van der Waals surface area (Å²) in [5, 5.41) is 20.7. The first-order valence-corrected chi connectivity index (χ1v) is 6.55. The van der Waals surface area contributed by atoms with Crippen molar-refractivity contribution in [2.45, 2.75) is 25.8 Å². The molecule has 1 saturated carbocycles. The smallest absolute Gasteiger partial charge is 0.336 e. The predicted octanol–water partition coefficient (Wildman–Crippen LogP) is 1.68. The van der Waals surface area contributed by atoms with E-state index in [1.54, 1.807) is 24.0 Å². The maximum Gasteiger partial charge on any atom is 0.336 e. The Morgan fingerprint density at radius 3 is 2.65 bits per heavy atom. The highest BCUT2D eigenvalue weighted by Gasteiger charge is 2.32. The number of aromatic carboxylic acids is 1. The van der Waals surface area contributed by atoms with Crippen molar-refractivity contribution in [1.29, 1.82) is 0 Å². The molecule has 1 aromatic carbocycles. The van der Waals surface area contributed by atoms with Crippen LogP contribution in [0.25, 0.3) is 0 Å². The Morgan fingerprint density at radius 2 is 2.10 bits per heavy atom. The number of hydrogen-bond acceptors (Lipinski definition) is 3. The molecule has 1 aliphatic carbocycles. The number of aryl methyl sites for hydroxylation is 1. The Labute approximate surface area is 117 Å². The van der Waals surface area contributed by atoms with Gasteiger partial charge in [0.05, 0.1) is 12.2 Å². The number of urea groups is 1. The molecule has 1 aromatic rings. The number of anilines is 1. The third-order valence-electron chi connectivity index (χ3n) is 3.31. The van der Waals surface area contributed by atoms with Gasteiger partial charge in [-0.15, -0.1) is 0 Å². The van der Waals surface area contributed by atoms with Gasteiger partial charge in [-0.25, -0.2) is 9.59 Å². The fraction of sp³-hybridized carbons (Fsp3) is 0.429. The summed E-state index contributed by atoms with van der Waals surface area (Å²) in [6.07, 6.45) is 1.89. The topological polar surface area (TPSA) is 89.9 Å². The van der Waals surface area contributed by atoms with Gasteiger partial charge in [-0.1, -0.05) is 6.07 Å². The molecule has 0 saturated heterocycles. The number of nitrogens with one attached hydrogen (secondary N) is 1. The van der Waals surface area contributed by atoms with Crippen LogP contribution in [0.1, 0.15) is 28.8 Å². The van der Waals surface area contributed by atoms with E-state index in [-0.39, 0.29) is 30.8 Å². The van der Waals surface area contributed by atoms with Crippen LogP contribution in [0.2, 0.25) is 0 Å². The highest BCUT2D eigenvalue weighted by Crippen LogP contribution is 2.27. The molecule has 2 rings (SSSR count). The van der Waals surface area contributed by atoms with Crippen LogP contribution in [0, 0.1) is 6.92 Å². The summed E-state index contributed by atoms with van der Waals surface area (Å²) in [5.41, 5.74) is 1.26. The quantitative estimate of drug-likeness (QED) is 0.764. The lowest BCUT2D eigenvalue weighted by molar-refractivity contribution is 0.0696. The van der Waals surface area contributed by atoms with Crippen molar-refractivity contribution >= 4 is 17.7 Å². The molecule has 0 radical (unpaired) electrons. The highest BCUT2D eigenvalue weighted by atomic mass is 16.4. The van der Waals surface area contributed by atoms with E-state index in [1.807, 2.05) is 0 Å². The van der Waals surface area contributed by atoms with Crippen molar-refractivity contribution in [3.05, 3.63) is 29.3 Å². The van der Waals surface area contributed by atoms with Crippen LogP contribution >= 0.6 is 0 Å². The van der Waals surface area contributed by atoms with E-state index >= 15 is 0 Å². The number of carboxylic acids is 1. The summed E-state index contributed by atoms with van der Waals surface area (Å²) in [6.45, 7) is 1.91. The SMILES string of the molecule is Cc1ccc(NC(=O)N(CCO)C2CC2)cc1C(=O)O. The Kier molecular flexibility index (Phi) is 4.24. The van der Waals surface area contributed by atoms with E-state index in [9.17, 15) is 9.59 Å². The average Bonchev–Trinajstić information content (AvgIpc) is 3.22. The van der Waals surface area contributed by atoms with Crippen molar-refractivity contribution in [3.8, 4) is 0 Å². The summed E-state index contributed by atoms with van der Waals surface area (Å²) in [5.74, 6) is -1.02. The summed E-state index contributed by atoms with van der Waals surface area (Å²) in [6, 6.07) is 4.66. The van der Waals surface area contributed by atoms with Gasteiger partial charge in [-0.2, -0.15) is 0 Å². The molecule has 6 nitrogen and oxygen atoms in total. The van der Waals surface area contributed by atoms with Crippen molar-refractivity contribution in [2.75, 3.05) is 18.5 Å². The third-order valence-corrected chi connectivity index (χ3v) is 3.31. The Bertz CT molecular complexity index is 526. The maximum absolute atomic E-state index is 12.1. The van der Waals surface area contributed by atoms with Crippen LogP contribution in [-0.2, 0) is 0 Å². The van der Waals surface area contributed by atoms with Gasteiger partial charge in [-0.3, -0.25) is 0 Å².